The lowest BCUT2D eigenvalue weighted by molar-refractivity contribution is 0.340. The SMILES string of the molecule is CCOc1cccc(-c2nc(N)oc2C(C)C)c1. The van der Waals surface area contributed by atoms with Crippen LogP contribution < -0.4 is 10.5 Å². The average Bonchev–Trinajstić information content (AvgIpc) is 2.72. The minimum atomic E-state index is 0.204. The fraction of sp³-hybridized carbons (Fsp3) is 0.357. The van der Waals surface area contributed by atoms with Gasteiger partial charge >= 0.3 is 0 Å². The van der Waals surface area contributed by atoms with Gasteiger partial charge in [-0.25, -0.2) is 0 Å². The number of oxazole rings is 1. The van der Waals surface area contributed by atoms with Gasteiger partial charge in [-0.15, -0.1) is 0 Å². The molecule has 0 saturated carbocycles. The molecule has 0 radical (unpaired) electrons. The van der Waals surface area contributed by atoms with E-state index < -0.39 is 0 Å². The molecule has 0 bridgehead atoms. The third-order valence-electron chi connectivity index (χ3n) is 2.61. The number of anilines is 1. The Kier molecular flexibility index (Phi) is 3.55. The summed E-state index contributed by atoms with van der Waals surface area (Å²) in [7, 11) is 0. The summed E-state index contributed by atoms with van der Waals surface area (Å²) in [5, 5.41) is 0. The molecule has 2 N–H and O–H groups in total. The van der Waals surface area contributed by atoms with Gasteiger partial charge in [0.2, 0.25) is 0 Å². The molecule has 0 aliphatic rings. The van der Waals surface area contributed by atoms with Gasteiger partial charge in [-0.05, 0) is 19.1 Å². The number of hydrogen-bond acceptors (Lipinski definition) is 4. The minimum absolute atomic E-state index is 0.204. The highest BCUT2D eigenvalue weighted by Gasteiger charge is 2.16. The van der Waals surface area contributed by atoms with Gasteiger partial charge in [0.1, 0.15) is 17.2 Å². The molecule has 0 amide bonds. The van der Waals surface area contributed by atoms with Gasteiger partial charge in [0.25, 0.3) is 6.01 Å². The summed E-state index contributed by atoms with van der Waals surface area (Å²) in [4.78, 5) is 4.26. The van der Waals surface area contributed by atoms with E-state index in [4.69, 9.17) is 14.9 Å². The van der Waals surface area contributed by atoms with E-state index in [1.165, 1.54) is 0 Å². The van der Waals surface area contributed by atoms with Crippen molar-refractivity contribution in [1.29, 1.82) is 0 Å². The molecule has 0 saturated heterocycles. The number of nitrogen functional groups attached to an aromatic ring is 1. The Morgan fingerprint density at radius 2 is 2.17 bits per heavy atom. The summed E-state index contributed by atoms with van der Waals surface area (Å²) < 4.78 is 10.9. The molecule has 0 fully saturated rings. The van der Waals surface area contributed by atoms with Crippen molar-refractivity contribution in [3.05, 3.63) is 30.0 Å². The van der Waals surface area contributed by atoms with Crippen LogP contribution in [0, 0.1) is 0 Å². The molecule has 4 nitrogen and oxygen atoms in total. The molecule has 0 aliphatic heterocycles. The highest BCUT2D eigenvalue weighted by Crippen LogP contribution is 2.32. The van der Waals surface area contributed by atoms with Gasteiger partial charge in [0.05, 0.1) is 6.61 Å². The Labute approximate surface area is 107 Å². The van der Waals surface area contributed by atoms with Gasteiger partial charge in [0.15, 0.2) is 0 Å². The topological polar surface area (TPSA) is 61.3 Å². The van der Waals surface area contributed by atoms with Gasteiger partial charge in [-0.3, -0.25) is 0 Å². The average molecular weight is 246 g/mol. The van der Waals surface area contributed by atoms with Crippen LogP contribution in [-0.4, -0.2) is 11.6 Å². The number of benzene rings is 1. The second kappa shape index (κ2) is 5.12. The number of rotatable bonds is 4. The predicted molar refractivity (Wildman–Crippen MR) is 71.6 cm³/mol. The molecule has 0 unspecified atom stereocenters. The fourth-order valence-electron chi connectivity index (χ4n) is 1.85. The van der Waals surface area contributed by atoms with Crippen LogP contribution in [0.2, 0.25) is 0 Å². The molecule has 96 valence electrons. The molecule has 2 aromatic rings. The van der Waals surface area contributed by atoms with Crippen molar-refractivity contribution in [2.75, 3.05) is 12.3 Å². The smallest absolute Gasteiger partial charge is 0.292 e. The molecule has 0 atom stereocenters. The first kappa shape index (κ1) is 12.5. The molecule has 1 aromatic heterocycles. The number of hydrogen-bond donors (Lipinski definition) is 1. The van der Waals surface area contributed by atoms with E-state index in [1.54, 1.807) is 0 Å². The van der Waals surface area contributed by atoms with E-state index in [0.29, 0.717) is 6.61 Å². The maximum atomic E-state index is 5.64. The molecule has 0 spiro atoms. The maximum absolute atomic E-state index is 5.64. The lowest BCUT2D eigenvalue weighted by Crippen LogP contribution is -1.93. The molecular formula is C14H18N2O2. The summed E-state index contributed by atoms with van der Waals surface area (Å²) in [5.74, 6) is 1.87. The van der Waals surface area contributed by atoms with Crippen molar-refractivity contribution in [2.45, 2.75) is 26.7 Å². The molecular weight excluding hydrogens is 228 g/mol. The minimum Gasteiger partial charge on any atom is -0.494 e. The lowest BCUT2D eigenvalue weighted by atomic mass is 10.0. The fourth-order valence-corrected chi connectivity index (χ4v) is 1.85. The Hall–Kier alpha value is -1.97. The summed E-state index contributed by atoms with van der Waals surface area (Å²) >= 11 is 0. The van der Waals surface area contributed by atoms with Crippen LogP contribution in [0.1, 0.15) is 32.4 Å². The maximum Gasteiger partial charge on any atom is 0.292 e. The molecule has 1 heterocycles. The Morgan fingerprint density at radius 1 is 1.39 bits per heavy atom. The molecule has 1 aromatic carbocycles. The number of ether oxygens (including phenoxy) is 1. The lowest BCUT2D eigenvalue weighted by Gasteiger charge is -2.06. The third kappa shape index (κ3) is 2.47. The van der Waals surface area contributed by atoms with E-state index in [2.05, 4.69) is 18.8 Å². The quantitative estimate of drug-likeness (QED) is 0.897. The predicted octanol–water partition coefficient (Wildman–Crippen LogP) is 3.45. The molecule has 4 heteroatoms. The zero-order valence-corrected chi connectivity index (χ0v) is 10.9. The second-order valence-electron chi connectivity index (χ2n) is 4.38. The Bertz CT molecular complexity index is 532. The van der Waals surface area contributed by atoms with Crippen molar-refractivity contribution < 1.29 is 9.15 Å². The Morgan fingerprint density at radius 3 is 2.83 bits per heavy atom. The summed E-state index contributed by atoms with van der Waals surface area (Å²) in [6.07, 6.45) is 0. The monoisotopic (exact) mass is 246 g/mol. The second-order valence-corrected chi connectivity index (χ2v) is 4.38. The summed E-state index contributed by atoms with van der Waals surface area (Å²) in [5.41, 5.74) is 7.40. The van der Waals surface area contributed by atoms with E-state index in [0.717, 1.165) is 22.8 Å². The van der Waals surface area contributed by atoms with Crippen molar-refractivity contribution in [3.8, 4) is 17.0 Å². The number of nitrogens with two attached hydrogens (primary N) is 1. The molecule has 0 aliphatic carbocycles. The standard InChI is InChI=1S/C14H18N2O2/c1-4-17-11-7-5-6-10(8-11)12-13(9(2)3)18-14(15)16-12/h5-9H,4H2,1-3H3,(H2,15,16). The third-order valence-corrected chi connectivity index (χ3v) is 2.61. The zero-order valence-electron chi connectivity index (χ0n) is 10.9. The Balaban J connectivity index is 2.44. The van der Waals surface area contributed by atoms with Crippen LogP contribution in [0.3, 0.4) is 0 Å². The van der Waals surface area contributed by atoms with Crippen LogP contribution in [-0.2, 0) is 0 Å². The van der Waals surface area contributed by atoms with Crippen molar-refractivity contribution in [2.24, 2.45) is 0 Å². The first-order valence-corrected chi connectivity index (χ1v) is 6.11. The van der Waals surface area contributed by atoms with Crippen LogP contribution in [0.5, 0.6) is 5.75 Å². The largest absolute Gasteiger partial charge is 0.494 e. The van der Waals surface area contributed by atoms with Crippen molar-refractivity contribution in [3.63, 3.8) is 0 Å². The summed E-state index contributed by atoms with van der Waals surface area (Å²) in [6, 6.07) is 8.00. The highest BCUT2D eigenvalue weighted by atomic mass is 16.5. The van der Waals surface area contributed by atoms with Crippen LogP contribution in [0.25, 0.3) is 11.3 Å². The summed E-state index contributed by atoms with van der Waals surface area (Å²) in [6.45, 7) is 6.70. The van der Waals surface area contributed by atoms with E-state index in [9.17, 15) is 0 Å². The molecule has 2 rings (SSSR count). The first-order valence-electron chi connectivity index (χ1n) is 6.11. The van der Waals surface area contributed by atoms with Gasteiger partial charge < -0.3 is 14.9 Å². The van der Waals surface area contributed by atoms with Crippen LogP contribution in [0.4, 0.5) is 6.01 Å². The van der Waals surface area contributed by atoms with Crippen molar-refractivity contribution >= 4 is 6.01 Å². The number of aromatic nitrogens is 1. The normalized spacial score (nSPS) is 10.9. The van der Waals surface area contributed by atoms with E-state index in [-0.39, 0.29) is 11.9 Å². The zero-order chi connectivity index (χ0) is 13.1. The van der Waals surface area contributed by atoms with E-state index in [1.807, 2.05) is 31.2 Å². The highest BCUT2D eigenvalue weighted by molar-refractivity contribution is 5.64. The van der Waals surface area contributed by atoms with Gasteiger partial charge in [0, 0.05) is 11.5 Å². The van der Waals surface area contributed by atoms with Gasteiger partial charge in [-0.2, -0.15) is 4.98 Å². The van der Waals surface area contributed by atoms with Crippen LogP contribution >= 0.6 is 0 Å². The number of nitrogens with zero attached hydrogens (tertiary/aromatic N) is 1. The first-order chi connectivity index (χ1) is 8.61. The van der Waals surface area contributed by atoms with E-state index >= 15 is 0 Å². The van der Waals surface area contributed by atoms with Crippen LogP contribution in [0.15, 0.2) is 28.7 Å². The molecule has 18 heavy (non-hydrogen) atoms. The van der Waals surface area contributed by atoms with Crippen molar-refractivity contribution in [1.82, 2.24) is 4.98 Å². The van der Waals surface area contributed by atoms with Gasteiger partial charge in [-0.1, -0.05) is 26.0 Å².